The first-order valence-electron chi connectivity index (χ1n) is 13.2. The van der Waals surface area contributed by atoms with Crippen LogP contribution in [0.25, 0.3) is 0 Å². The van der Waals surface area contributed by atoms with E-state index in [1.807, 2.05) is 62.3 Å². The van der Waals surface area contributed by atoms with Crippen LogP contribution in [0.1, 0.15) is 50.8 Å². The van der Waals surface area contributed by atoms with Gasteiger partial charge in [-0.2, -0.15) is 33.1 Å². The molecule has 0 saturated heterocycles. The van der Waals surface area contributed by atoms with Crippen molar-refractivity contribution in [1.82, 2.24) is 10.3 Å². The van der Waals surface area contributed by atoms with Crippen molar-refractivity contribution in [3.63, 3.8) is 0 Å². The summed E-state index contributed by atoms with van der Waals surface area (Å²) in [6, 6.07) is 13.1. The van der Waals surface area contributed by atoms with Gasteiger partial charge < -0.3 is 63.6 Å². The van der Waals surface area contributed by atoms with Crippen LogP contribution in [-0.2, 0) is 27.2 Å². The number of aryl methyl sites for hydroxylation is 2. The number of hydrogen-bond acceptors (Lipinski definition) is 6. The molecule has 3 rings (SSSR count). The van der Waals surface area contributed by atoms with Crippen molar-refractivity contribution >= 4 is 18.2 Å². The maximum atomic E-state index is 10.0. The monoisotopic (exact) mass is 553 g/mol. The molecule has 0 bridgehead atoms. The Morgan fingerprint density at radius 1 is 1.12 bits per heavy atom. The van der Waals surface area contributed by atoms with Gasteiger partial charge in [0.25, 0.3) is 0 Å². The quantitative estimate of drug-likeness (QED) is 0.130. The minimum absolute atomic E-state index is 0. The number of hydrogen-bond donors (Lipinski definition) is 3. The Labute approximate surface area is 272 Å². The van der Waals surface area contributed by atoms with Crippen LogP contribution in [0.5, 0.6) is 5.75 Å². The van der Waals surface area contributed by atoms with Crippen LogP contribution in [0, 0.1) is 33.6 Å². The van der Waals surface area contributed by atoms with Gasteiger partial charge in [0, 0.05) is 12.2 Å². The van der Waals surface area contributed by atoms with E-state index >= 15 is 0 Å². The topological polar surface area (TPSA) is 110 Å². The molecule has 220 valence electrons. The third-order valence-electron chi connectivity index (χ3n) is 5.04. The number of nitrogens with one attached hydrogen (secondary N) is 2. The van der Waals surface area contributed by atoms with Gasteiger partial charge in [-0.1, -0.05) is 43.9 Å². The van der Waals surface area contributed by atoms with E-state index in [-0.39, 0.29) is 44.1 Å². The molecular weight excluding hydrogens is 508 g/mol. The summed E-state index contributed by atoms with van der Waals surface area (Å²) in [5.74, 6) is 0.902. The number of aliphatic carboxylic acids is 1. The number of carboxylic acids is 1. The molecule has 0 saturated carbocycles. The van der Waals surface area contributed by atoms with Crippen molar-refractivity contribution in [2.45, 2.75) is 58.4 Å². The summed E-state index contributed by atoms with van der Waals surface area (Å²) < 4.78 is 10.1. The van der Waals surface area contributed by atoms with Crippen molar-refractivity contribution in [2.75, 3.05) is 31.7 Å². The fraction of sp³-hybridized carbons (Fsp3) is 0.419. The van der Waals surface area contributed by atoms with E-state index in [0.717, 1.165) is 50.6 Å². The molecule has 2 heterocycles. The summed E-state index contributed by atoms with van der Waals surface area (Å²) in [5, 5.41) is 13.5. The van der Waals surface area contributed by atoms with Gasteiger partial charge in [0.15, 0.2) is 0 Å². The summed E-state index contributed by atoms with van der Waals surface area (Å²) in [6.07, 6.45) is 11.0. The Kier molecular flexibility index (Phi) is 32.9. The number of unbranched alkanes of at least 4 members (excludes halogenated alkanes) is 1. The maximum Gasteiger partial charge on any atom is 1.00 e. The minimum Gasteiger partial charge on any atom is -0.525 e. The summed E-state index contributed by atoms with van der Waals surface area (Å²) in [6.45, 7) is 17.8. The fourth-order valence-electron chi connectivity index (χ4n) is 3.08. The molecule has 0 fully saturated rings. The van der Waals surface area contributed by atoms with E-state index in [9.17, 15) is 9.59 Å². The first-order chi connectivity index (χ1) is 19.0. The fourth-order valence-corrected chi connectivity index (χ4v) is 3.08. The summed E-state index contributed by atoms with van der Waals surface area (Å²) in [7, 11) is 0. The van der Waals surface area contributed by atoms with E-state index in [1.165, 1.54) is 30.5 Å². The van der Waals surface area contributed by atoms with Gasteiger partial charge in [-0.05, 0) is 49.6 Å². The first kappa shape index (κ1) is 43.5. The SMILES string of the molecule is C[CH-]COC[CH-]C.[CH2-]CCCc1ccc2c(n1)NCCC2.[CH2-]COc1ccccc1.[CH2-]C[C@H](N[C-]=O)C(=O)O.[Li+].[Li+]. The Morgan fingerprint density at radius 3 is 2.27 bits per heavy atom. The van der Waals surface area contributed by atoms with Crippen molar-refractivity contribution in [2.24, 2.45) is 0 Å². The molecule has 0 spiro atoms. The average Bonchev–Trinajstić information content (AvgIpc) is 2.96. The number of pyridine rings is 1. The summed E-state index contributed by atoms with van der Waals surface area (Å²) in [4.78, 5) is 24.2. The van der Waals surface area contributed by atoms with Crippen molar-refractivity contribution < 1.29 is 61.9 Å². The third-order valence-corrected chi connectivity index (χ3v) is 5.04. The maximum absolute atomic E-state index is 10.0. The van der Waals surface area contributed by atoms with Gasteiger partial charge in [-0.25, -0.2) is 4.98 Å². The molecule has 2 aromatic rings. The first-order valence-corrected chi connectivity index (χ1v) is 13.2. The number of benzene rings is 1. The molecule has 10 heteroatoms. The average molecular weight is 554 g/mol. The van der Waals surface area contributed by atoms with Gasteiger partial charge in [0.1, 0.15) is 11.6 Å². The number of carbonyl (C=O) groups excluding carboxylic acids is 1. The molecule has 0 radical (unpaired) electrons. The molecule has 1 amide bonds. The van der Waals surface area contributed by atoms with Gasteiger partial charge in [-0.15, -0.1) is 0 Å². The number of carboxylic acid groups (broad SMARTS) is 1. The molecule has 1 aliphatic rings. The second kappa shape index (κ2) is 31.0. The molecule has 1 aromatic heterocycles. The molecule has 0 aliphatic carbocycles. The van der Waals surface area contributed by atoms with E-state index in [2.05, 4.69) is 43.2 Å². The van der Waals surface area contributed by atoms with Gasteiger partial charge in [0.2, 0.25) is 0 Å². The summed E-state index contributed by atoms with van der Waals surface area (Å²) >= 11 is 0. The number of carbonyl (C=O) groups is 1. The van der Waals surface area contributed by atoms with Crippen LogP contribution < -0.4 is 53.1 Å². The number of para-hydroxylation sites is 1. The Morgan fingerprint density at radius 2 is 1.78 bits per heavy atom. The second-order valence-electron chi connectivity index (χ2n) is 8.24. The molecule has 1 aliphatic heterocycles. The normalized spacial score (nSPS) is 11.2. The van der Waals surface area contributed by atoms with Crippen LogP contribution in [0.3, 0.4) is 0 Å². The number of aromatic nitrogens is 1. The van der Waals surface area contributed by atoms with Crippen LogP contribution in [-0.4, -0.2) is 54.9 Å². The third kappa shape index (κ3) is 23.3. The molecule has 1 atom stereocenters. The van der Waals surface area contributed by atoms with Gasteiger partial charge in [-0.3, -0.25) is 4.79 Å². The van der Waals surface area contributed by atoms with Crippen molar-refractivity contribution in [3.8, 4) is 5.75 Å². The van der Waals surface area contributed by atoms with Crippen molar-refractivity contribution in [1.29, 1.82) is 0 Å². The second-order valence-corrected chi connectivity index (χ2v) is 8.24. The molecule has 8 nitrogen and oxygen atoms in total. The smallest absolute Gasteiger partial charge is 0.525 e. The van der Waals surface area contributed by atoms with E-state index in [1.54, 1.807) is 0 Å². The van der Waals surface area contributed by atoms with Gasteiger partial charge in [0.05, 0.1) is 6.04 Å². The van der Waals surface area contributed by atoms with Crippen LogP contribution in [0.2, 0.25) is 0 Å². The molecule has 0 unspecified atom stereocenters. The minimum atomic E-state index is -1.09. The zero-order valence-electron chi connectivity index (χ0n) is 25.5. The Bertz CT molecular complexity index is 872. The number of nitrogens with zero attached hydrogens (tertiary/aromatic N) is 1. The van der Waals surface area contributed by atoms with Crippen LogP contribution in [0.15, 0.2) is 42.5 Å². The van der Waals surface area contributed by atoms with E-state index < -0.39 is 12.0 Å². The number of ether oxygens (including phenoxy) is 2. The van der Waals surface area contributed by atoms with E-state index in [4.69, 9.17) is 14.6 Å². The number of rotatable bonds is 13. The Hall–Kier alpha value is -1.94. The predicted octanol–water partition coefficient (Wildman–Crippen LogP) is -0.724. The van der Waals surface area contributed by atoms with Gasteiger partial charge >= 0.3 is 43.7 Å². The summed E-state index contributed by atoms with van der Waals surface area (Å²) in [5.41, 5.74) is 2.57. The zero-order chi connectivity index (χ0) is 29.1. The van der Waals surface area contributed by atoms with Crippen LogP contribution >= 0.6 is 0 Å². The van der Waals surface area contributed by atoms with Crippen LogP contribution in [0.4, 0.5) is 5.82 Å². The standard InChI is InChI=1S/C12H17N2.C8H9O.C6H12O.C5H7NO3.2Li/c1-2-3-6-11-8-7-10-5-4-9-13-12(10)14-11;1-2-9-8-6-4-3-5-7-8;1-3-5-7-6-4-2;1-2-4(5(8)9)6-3-7;;/h7-8H,1-6,9H2,(H,13,14);3-7H,1-2H2;3-4H,5-6H2,1-2H3;4H,1-2H2,(H,6,7)(H,8,9);;/q2*-1;2*-2;2*+1/t;;;4-;;/m...0../s1. The number of amides is 1. The van der Waals surface area contributed by atoms with Crippen molar-refractivity contribution in [3.05, 3.63) is 87.3 Å². The molecule has 41 heavy (non-hydrogen) atoms. The number of anilines is 1. The largest absolute Gasteiger partial charge is 1.00 e. The molecule has 1 aromatic carbocycles. The molecule has 3 N–H and O–H groups in total. The Balaban J connectivity index is -0.000000480. The zero-order valence-corrected chi connectivity index (χ0v) is 25.5. The molecular formula is C31H45Li2N3O5-4. The van der Waals surface area contributed by atoms with E-state index in [0.29, 0.717) is 6.61 Å². The predicted molar refractivity (Wildman–Crippen MR) is 158 cm³/mol. The number of fused-ring (bicyclic) bond motifs is 1.